The van der Waals surface area contributed by atoms with E-state index in [9.17, 15) is 18.0 Å². The quantitative estimate of drug-likeness (QED) is 0.782. The molecule has 0 bridgehead atoms. The number of pyridine rings is 1. The molecule has 1 aromatic heterocycles. The molecule has 3 N–H and O–H groups in total. The number of aromatic nitrogens is 1. The van der Waals surface area contributed by atoms with Crippen LogP contribution in [0.1, 0.15) is 10.4 Å². The van der Waals surface area contributed by atoms with E-state index in [2.05, 4.69) is 9.71 Å². The number of aromatic carboxylic acids is 1. The van der Waals surface area contributed by atoms with Crippen molar-refractivity contribution >= 4 is 21.7 Å². The third kappa shape index (κ3) is 3.69. The largest absolute Gasteiger partial charge is 0.477 e. The predicted molar refractivity (Wildman–Crippen MR) is 77.9 cm³/mol. The first-order valence-electron chi connectivity index (χ1n) is 5.81. The van der Waals surface area contributed by atoms with Crippen LogP contribution in [0.4, 0.5) is 5.69 Å². The number of benzene rings is 1. The summed E-state index contributed by atoms with van der Waals surface area (Å²) in [7, 11) is -3.35. The van der Waals surface area contributed by atoms with Gasteiger partial charge in [-0.1, -0.05) is 12.1 Å². The molecule has 0 fully saturated rings. The van der Waals surface area contributed by atoms with Gasteiger partial charge >= 0.3 is 5.97 Å². The molecule has 0 saturated heterocycles. The van der Waals surface area contributed by atoms with Gasteiger partial charge in [0.15, 0.2) is 0 Å². The number of rotatable bonds is 4. The topological polar surface area (TPSA) is 116 Å². The number of anilines is 1. The highest BCUT2D eigenvalue weighted by Crippen LogP contribution is 2.19. The highest BCUT2D eigenvalue weighted by molar-refractivity contribution is 7.92. The summed E-state index contributed by atoms with van der Waals surface area (Å²) in [6, 6.07) is 9.00. The fourth-order valence-corrected chi connectivity index (χ4v) is 2.31. The lowest BCUT2D eigenvalue weighted by molar-refractivity contribution is 0.0695. The number of carboxylic acids is 1. The first kappa shape index (κ1) is 14.8. The van der Waals surface area contributed by atoms with Gasteiger partial charge in [-0.25, -0.2) is 13.2 Å². The van der Waals surface area contributed by atoms with Gasteiger partial charge in [-0.15, -0.1) is 0 Å². The summed E-state index contributed by atoms with van der Waals surface area (Å²) in [6.07, 6.45) is 1.04. The molecular formula is C13H12N2O5S. The monoisotopic (exact) mass is 308 g/mol. The van der Waals surface area contributed by atoms with Crippen LogP contribution in [-0.4, -0.2) is 30.7 Å². The Morgan fingerprint density at radius 3 is 2.24 bits per heavy atom. The number of carbonyl (C=O) groups is 1. The lowest BCUT2D eigenvalue weighted by atomic mass is 10.1. The molecule has 0 aliphatic rings. The second-order valence-corrected chi connectivity index (χ2v) is 6.12. The second kappa shape index (κ2) is 5.41. The van der Waals surface area contributed by atoms with E-state index in [0.29, 0.717) is 16.9 Å². The van der Waals surface area contributed by atoms with Gasteiger partial charge in [0.2, 0.25) is 10.0 Å². The number of H-pyrrole nitrogens is 1. The summed E-state index contributed by atoms with van der Waals surface area (Å²) in [5, 5.41) is 8.79. The maximum atomic E-state index is 11.6. The van der Waals surface area contributed by atoms with Crippen molar-refractivity contribution in [3.8, 4) is 11.3 Å². The number of hydrogen-bond acceptors (Lipinski definition) is 4. The molecule has 21 heavy (non-hydrogen) atoms. The molecule has 1 heterocycles. The zero-order valence-corrected chi connectivity index (χ0v) is 11.8. The van der Waals surface area contributed by atoms with Gasteiger partial charge in [-0.05, 0) is 29.8 Å². The van der Waals surface area contributed by atoms with Crippen molar-refractivity contribution in [3.63, 3.8) is 0 Å². The van der Waals surface area contributed by atoms with Crippen molar-refractivity contribution < 1.29 is 18.3 Å². The van der Waals surface area contributed by atoms with Gasteiger partial charge < -0.3 is 10.1 Å². The molecule has 0 saturated carbocycles. The van der Waals surface area contributed by atoms with Crippen molar-refractivity contribution in [2.45, 2.75) is 0 Å². The standard InChI is InChI=1S/C13H12N2O5S/c1-21(19,20)15-9-4-2-8(3-5-9)11-7-6-10(13(17)18)12(16)14-11/h2-7,15H,1H3,(H,14,16)(H,17,18). The minimum absolute atomic E-state index is 0.339. The summed E-state index contributed by atoms with van der Waals surface area (Å²) in [6.45, 7) is 0. The molecule has 1 aromatic carbocycles. The van der Waals surface area contributed by atoms with Crippen molar-refractivity contribution in [1.29, 1.82) is 0 Å². The van der Waals surface area contributed by atoms with E-state index >= 15 is 0 Å². The predicted octanol–water partition coefficient (Wildman–Crippen LogP) is 1.11. The first-order chi connectivity index (χ1) is 9.76. The van der Waals surface area contributed by atoms with E-state index in [1.165, 1.54) is 12.1 Å². The molecule has 0 atom stereocenters. The van der Waals surface area contributed by atoms with E-state index in [0.717, 1.165) is 6.26 Å². The molecule has 0 amide bonds. The van der Waals surface area contributed by atoms with Gasteiger partial charge in [0, 0.05) is 11.4 Å². The Morgan fingerprint density at radius 1 is 1.14 bits per heavy atom. The lowest BCUT2D eigenvalue weighted by Gasteiger charge is -2.06. The summed E-state index contributed by atoms with van der Waals surface area (Å²) in [5.74, 6) is -1.30. The van der Waals surface area contributed by atoms with Crippen molar-refractivity contribution in [3.05, 3.63) is 52.3 Å². The molecule has 0 unspecified atom stereocenters. The number of aromatic amines is 1. The zero-order valence-electron chi connectivity index (χ0n) is 11.0. The van der Waals surface area contributed by atoms with E-state index in [1.807, 2.05) is 0 Å². The molecule has 0 radical (unpaired) electrons. The van der Waals surface area contributed by atoms with Crippen LogP contribution in [-0.2, 0) is 10.0 Å². The molecule has 0 aliphatic carbocycles. The van der Waals surface area contributed by atoms with Crippen molar-refractivity contribution in [2.24, 2.45) is 0 Å². The van der Waals surface area contributed by atoms with Crippen LogP contribution in [0.2, 0.25) is 0 Å². The number of hydrogen-bond donors (Lipinski definition) is 3. The van der Waals surface area contributed by atoms with Gasteiger partial charge in [0.1, 0.15) is 5.56 Å². The molecule has 2 aromatic rings. The van der Waals surface area contributed by atoms with Crippen LogP contribution in [0.5, 0.6) is 0 Å². The average molecular weight is 308 g/mol. The Kier molecular flexibility index (Phi) is 3.81. The molecule has 0 spiro atoms. The van der Waals surface area contributed by atoms with Crippen LogP contribution >= 0.6 is 0 Å². The van der Waals surface area contributed by atoms with Crippen molar-refractivity contribution in [2.75, 3.05) is 11.0 Å². The third-order valence-electron chi connectivity index (χ3n) is 2.64. The Hall–Kier alpha value is -2.61. The summed E-state index contributed by atoms with van der Waals surface area (Å²) < 4.78 is 24.5. The highest BCUT2D eigenvalue weighted by Gasteiger charge is 2.09. The smallest absolute Gasteiger partial charge is 0.341 e. The lowest BCUT2D eigenvalue weighted by Crippen LogP contribution is -2.17. The fourth-order valence-electron chi connectivity index (χ4n) is 1.74. The normalized spacial score (nSPS) is 11.1. The Morgan fingerprint density at radius 2 is 1.76 bits per heavy atom. The maximum Gasteiger partial charge on any atom is 0.341 e. The van der Waals surface area contributed by atoms with Gasteiger partial charge in [0.05, 0.1) is 6.26 Å². The first-order valence-corrected chi connectivity index (χ1v) is 7.70. The molecule has 7 nitrogen and oxygen atoms in total. The van der Waals surface area contributed by atoms with Gasteiger partial charge in [-0.2, -0.15) is 0 Å². The minimum Gasteiger partial charge on any atom is -0.477 e. The number of sulfonamides is 1. The van der Waals surface area contributed by atoms with Crippen molar-refractivity contribution in [1.82, 2.24) is 4.98 Å². The average Bonchev–Trinajstić information content (AvgIpc) is 2.37. The van der Waals surface area contributed by atoms with Crippen LogP contribution in [0.25, 0.3) is 11.3 Å². The number of nitrogens with one attached hydrogen (secondary N) is 2. The Bertz CT molecular complexity index is 838. The summed E-state index contributed by atoms with van der Waals surface area (Å²) in [5.41, 5.74) is 0.428. The van der Waals surface area contributed by atoms with E-state index in [-0.39, 0.29) is 5.56 Å². The highest BCUT2D eigenvalue weighted by atomic mass is 32.2. The van der Waals surface area contributed by atoms with Crippen LogP contribution in [0.15, 0.2) is 41.2 Å². The Labute approximate surface area is 120 Å². The van der Waals surface area contributed by atoms with E-state index < -0.39 is 21.6 Å². The minimum atomic E-state index is -3.35. The van der Waals surface area contributed by atoms with Crippen LogP contribution in [0.3, 0.4) is 0 Å². The fraction of sp³-hybridized carbons (Fsp3) is 0.0769. The van der Waals surface area contributed by atoms with E-state index in [4.69, 9.17) is 5.11 Å². The second-order valence-electron chi connectivity index (χ2n) is 4.37. The molecular weight excluding hydrogens is 296 g/mol. The SMILES string of the molecule is CS(=O)(=O)Nc1ccc(-c2ccc(C(=O)O)c(=O)[nH]2)cc1. The van der Waals surface area contributed by atoms with E-state index in [1.54, 1.807) is 24.3 Å². The molecule has 110 valence electrons. The summed E-state index contributed by atoms with van der Waals surface area (Å²) >= 11 is 0. The Balaban J connectivity index is 2.33. The number of carboxylic acid groups (broad SMARTS) is 1. The van der Waals surface area contributed by atoms with Gasteiger partial charge in [0.25, 0.3) is 5.56 Å². The third-order valence-corrected chi connectivity index (χ3v) is 3.25. The zero-order chi connectivity index (χ0) is 15.6. The van der Waals surface area contributed by atoms with Crippen LogP contribution < -0.4 is 10.3 Å². The van der Waals surface area contributed by atoms with Crippen LogP contribution in [0, 0.1) is 0 Å². The molecule has 8 heteroatoms. The maximum absolute atomic E-state index is 11.6. The molecule has 0 aliphatic heterocycles. The van der Waals surface area contributed by atoms with Gasteiger partial charge in [-0.3, -0.25) is 9.52 Å². The summed E-state index contributed by atoms with van der Waals surface area (Å²) in [4.78, 5) is 24.8. The molecule has 2 rings (SSSR count).